The van der Waals surface area contributed by atoms with Crippen molar-refractivity contribution in [3.8, 4) is 0 Å². The zero-order chi connectivity index (χ0) is 13.0. The minimum absolute atomic E-state index is 0.0221. The van der Waals surface area contributed by atoms with Crippen LogP contribution in [-0.4, -0.2) is 28.9 Å². The molecule has 1 aromatic heterocycles. The standard InChI is InChI=1S/C9H13N5O3/c1-5(9(15)11-2)12-8-6(14(16)17)3-4-7(10)13-8/h3-5H,1-2H3,(H,11,15)(H3,10,12,13). The highest BCUT2D eigenvalue weighted by molar-refractivity contribution is 5.84. The Hall–Kier alpha value is -2.38. The first-order valence-electron chi connectivity index (χ1n) is 4.84. The molecule has 1 unspecified atom stereocenters. The van der Waals surface area contributed by atoms with Crippen molar-refractivity contribution in [2.45, 2.75) is 13.0 Å². The highest BCUT2D eigenvalue weighted by atomic mass is 16.6. The zero-order valence-electron chi connectivity index (χ0n) is 9.43. The van der Waals surface area contributed by atoms with Crippen molar-refractivity contribution in [3.63, 3.8) is 0 Å². The predicted molar refractivity (Wildman–Crippen MR) is 62.5 cm³/mol. The van der Waals surface area contributed by atoms with Gasteiger partial charge >= 0.3 is 5.69 Å². The van der Waals surface area contributed by atoms with Gasteiger partial charge in [0.2, 0.25) is 11.7 Å². The SMILES string of the molecule is CNC(=O)C(C)Nc1nc(N)ccc1[N+](=O)[O-]. The van der Waals surface area contributed by atoms with Crippen LogP contribution in [0.1, 0.15) is 6.92 Å². The number of nitrogens with two attached hydrogens (primary N) is 1. The first-order chi connectivity index (χ1) is 7.95. The molecule has 4 N–H and O–H groups in total. The largest absolute Gasteiger partial charge is 0.384 e. The maximum Gasteiger partial charge on any atom is 0.311 e. The van der Waals surface area contributed by atoms with Crippen LogP contribution in [0, 0.1) is 10.1 Å². The second kappa shape index (κ2) is 5.10. The summed E-state index contributed by atoms with van der Waals surface area (Å²) in [7, 11) is 1.47. The average Bonchev–Trinajstić information content (AvgIpc) is 2.27. The number of likely N-dealkylation sites (N-methyl/N-ethyl adjacent to an activating group) is 1. The fourth-order valence-electron chi connectivity index (χ4n) is 1.21. The average molecular weight is 239 g/mol. The molecular weight excluding hydrogens is 226 g/mol. The van der Waals surface area contributed by atoms with Gasteiger partial charge < -0.3 is 16.4 Å². The molecular formula is C9H13N5O3. The number of nitrogens with zero attached hydrogens (tertiary/aromatic N) is 2. The van der Waals surface area contributed by atoms with Crippen molar-refractivity contribution in [3.05, 3.63) is 22.2 Å². The van der Waals surface area contributed by atoms with Gasteiger partial charge in [-0.3, -0.25) is 14.9 Å². The second-order valence-electron chi connectivity index (χ2n) is 3.34. The molecule has 1 heterocycles. The quantitative estimate of drug-likeness (QED) is 0.506. The molecule has 92 valence electrons. The minimum atomic E-state index is -0.645. The third kappa shape index (κ3) is 3.03. The van der Waals surface area contributed by atoms with E-state index in [-0.39, 0.29) is 23.2 Å². The highest BCUT2D eigenvalue weighted by Gasteiger charge is 2.19. The molecule has 0 aliphatic carbocycles. The molecule has 1 amide bonds. The molecule has 0 bridgehead atoms. The number of amides is 1. The highest BCUT2D eigenvalue weighted by Crippen LogP contribution is 2.23. The number of anilines is 2. The summed E-state index contributed by atoms with van der Waals surface area (Å²) in [6.45, 7) is 1.56. The Labute approximate surface area is 97.4 Å². The number of nitro groups is 1. The Morgan fingerprint density at radius 2 is 2.24 bits per heavy atom. The van der Waals surface area contributed by atoms with Crippen molar-refractivity contribution < 1.29 is 9.72 Å². The topological polar surface area (TPSA) is 123 Å². The summed E-state index contributed by atoms with van der Waals surface area (Å²) in [5.41, 5.74) is 5.21. The Kier molecular flexibility index (Phi) is 3.81. The summed E-state index contributed by atoms with van der Waals surface area (Å²) in [6, 6.07) is 1.92. The van der Waals surface area contributed by atoms with Crippen molar-refractivity contribution in [2.24, 2.45) is 0 Å². The second-order valence-corrected chi connectivity index (χ2v) is 3.34. The van der Waals surface area contributed by atoms with Gasteiger partial charge in [-0.25, -0.2) is 4.98 Å². The summed E-state index contributed by atoms with van der Waals surface area (Å²) in [4.78, 5) is 25.2. The summed E-state index contributed by atoms with van der Waals surface area (Å²) in [5, 5.41) is 15.8. The predicted octanol–water partition coefficient (Wildman–Crippen LogP) is 0.118. The third-order valence-corrected chi connectivity index (χ3v) is 2.09. The monoisotopic (exact) mass is 239 g/mol. The minimum Gasteiger partial charge on any atom is -0.384 e. The molecule has 0 radical (unpaired) electrons. The van der Waals surface area contributed by atoms with E-state index in [1.807, 2.05) is 0 Å². The van der Waals surface area contributed by atoms with E-state index < -0.39 is 11.0 Å². The van der Waals surface area contributed by atoms with Crippen LogP contribution in [-0.2, 0) is 4.79 Å². The van der Waals surface area contributed by atoms with Crippen LogP contribution in [0.5, 0.6) is 0 Å². The van der Waals surface area contributed by atoms with E-state index in [4.69, 9.17) is 5.73 Å². The summed E-state index contributed by atoms with van der Waals surface area (Å²) in [6.07, 6.45) is 0. The van der Waals surface area contributed by atoms with Crippen LogP contribution in [0.15, 0.2) is 12.1 Å². The van der Waals surface area contributed by atoms with Gasteiger partial charge in [-0.2, -0.15) is 0 Å². The van der Waals surface area contributed by atoms with Crippen molar-refractivity contribution in [2.75, 3.05) is 18.1 Å². The fourth-order valence-corrected chi connectivity index (χ4v) is 1.21. The summed E-state index contributed by atoms with van der Waals surface area (Å²) >= 11 is 0. The molecule has 1 atom stereocenters. The number of aromatic nitrogens is 1. The van der Waals surface area contributed by atoms with Gasteiger partial charge in [-0.05, 0) is 13.0 Å². The Morgan fingerprint density at radius 3 is 2.76 bits per heavy atom. The number of nitrogen functional groups attached to an aromatic ring is 1. The van der Waals surface area contributed by atoms with Gasteiger partial charge in [0, 0.05) is 13.1 Å². The van der Waals surface area contributed by atoms with Crippen molar-refractivity contribution >= 4 is 23.2 Å². The lowest BCUT2D eigenvalue weighted by molar-refractivity contribution is -0.384. The van der Waals surface area contributed by atoms with E-state index in [1.54, 1.807) is 6.92 Å². The number of rotatable bonds is 4. The molecule has 17 heavy (non-hydrogen) atoms. The number of carbonyl (C=O) groups is 1. The van der Waals surface area contributed by atoms with Crippen LogP contribution in [0.4, 0.5) is 17.3 Å². The molecule has 1 rings (SSSR count). The number of carbonyl (C=O) groups excluding carboxylic acids is 1. The number of hydrogen-bond acceptors (Lipinski definition) is 6. The Balaban J connectivity index is 3.00. The molecule has 0 saturated carbocycles. The molecule has 8 nitrogen and oxygen atoms in total. The molecule has 0 aromatic carbocycles. The Morgan fingerprint density at radius 1 is 1.59 bits per heavy atom. The molecule has 8 heteroatoms. The normalized spacial score (nSPS) is 11.6. The van der Waals surface area contributed by atoms with Crippen LogP contribution in [0.3, 0.4) is 0 Å². The number of hydrogen-bond donors (Lipinski definition) is 3. The Bertz CT molecular complexity index is 448. The lowest BCUT2D eigenvalue weighted by atomic mass is 10.3. The van der Waals surface area contributed by atoms with Crippen molar-refractivity contribution in [1.29, 1.82) is 0 Å². The first kappa shape index (κ1) is 12.7. The molecule has 0 spiro atoms. The van der Waals surface area contributed by atoms with E-state index in [1.165, 1.54) is 19.2 Å². The lowest BCUT2D eigenvalue weighted by Gasteiger charge is -2.12. The van der Waals surface area contributed by atoms with Crippen LogP contribution in [0.2, 0.25) is 0 Å². The summed E-state index contributed by atoms with van der Waals surface area (Å²) in [5.74, 6) is -0.183. The van der Waals surface area contributed by atoms with E-state index in [0.717, 1.165) is 0 Å². The van der Waals surface area contributed by atoms with Gasteiger partial charge in [-0.15, -0.1) is 0 Å². The molecule has 1 aromatic rings. The smallest absolute Gasteiger partial charge is 0.311 e. The van der Waals surface area contributed by atoms with Gasteiger partial charge in [0.25, 0.3) is 0 Å². The van der Waals surface area contributed by atoms with Gasteiger partial charge in [0.1, 0.15) is 11.9 Å². The van der Waals surface area contributed by atoms with E-state index in [9.17, 15) is 14.9 Å². The first-order valence-corrected chi connectivity index (χ1v) is 4.84. The van der Waals surface area contributed by atoms with Crippen LogP contribution in [0.25, 0.3) is 0 Å². The van der Waals surface area contributed by atoms with E-state index in [0.29, 0.717) is 0 Å². The summed E-state index contributed by atoms with van der Waals surface area (Å²) < 4.78 is 0. The maximum atomic E-state index is 11.3. The van der Waals surface area contributed by atoms with Gasteiger partial charge in [0.05, 0.1) is 4.92 Å². The van der Waals surface area contributed by atoms with Crippen LogP contribution >= 0.6 is 0 Å². The van der Waals surface area contributed by atoms with Crippen molar-refractivity contribution in [1.82, 2.24) is 10.3 Å². The molecule has 0 saturated heterocycles. The zero-order valence-corrected chi connectivity index (χ0v) is 9.43. The number of nitrogens with one attached hydrogen (secondary N) is 2. The van der Waals surface area contributed by atoms with Gasteiger partial charge in [0.15, 0.2) is 0 Å². The molecule has 0 aliphatic rings. The maximum absolute atomic E-state index is 11.3. The van der Waals surface area contributed by atoms with Gasteiger partial charge in [-0.1, -0.05) is 0 Å². The number of pyridine rings is 1. The third-order valence-electron chi connectivity index (χ3n) is 2.09. The fraction of sp³-hybridized carbons (Fsp3) is 0.333. The van der Waals surface area contributed by atoms with E-state index in [2.05, 4.69) is 15.6 Å². The van der Waals surface area contributed by atoms with Crippen LogP contribution < -0.4 is 16.4 Å². The molecule has 0 fully saturated rings. The molecule has 0 aliphatic heterocycles. The van der Waals surface area contributed by atoms with E-state index >= 15 is 0 Å². The lowest BCUT2D eigenvalue weighted by Crippen LogP contribution is -2.35.